The van der Waals surface area contributed by atoms with E-state index in [9.17, 15) is 4.79 Å². The molecule has 2 bridgehead atoms. The first kappa shape index (κ1) is 18.1. The number of nitrogens with one attached hydrogen (secondary N) is 1. The Morgan fingerprint density at radius 1 is 1.30 bits per heavy atom. The first-order valence-electron chi connectivity index (χ1n) is 8.56. The second kappa shape index (κ2) is 7.35. The number of hydrogen-bond acceptors (Lipinski definition) is 8. The molecule has 0 unspecified atom stereocenters. The summed E-state index contributed by atoms with van der Waals surface area (Å²) in [6, 6.07) is 2.21. The first-order valence-corrected chi connectivity index (χ1v) is 9.76. The number of halogens is 1. The molecule has 4 heterocycles. The summed E-state index contributed by atoms with van der Waals surface area (Å²) in [6.45, 7) is 0. The van der Waals surface area contributed by atoms with E-state index in [0.717, 1.165) is 30.6 Å². The van der Waals surface area contributed by atoms with Gasteiger partial charge in [-0.1, -0.05) is 23.4 Å². The van der Waals surface area contributed by atoms with Gasteiger partial charge in [0.2, 0.25) is 5.95 Å². The number of nitrogen functional groups attached to an aromatic ring is 1. The van der Waals surface area contributed by atoms with Crippen LogP contribution >= 0.6 is 23.4 Å². The summed E-state index contributed by atoms with van der Waals surface area (Å²) < 4.78 is 0. The Labute approximate surface area is 164 Å². The highest BCUT2D eigenvalue weighted by Crippen LogP contribution is 2.38. The number of pyridine rings is 1. The van der Waals surface area contributed by atoms with E-state index in [4.69, 9.17) is 22.4 Å². The third-order valence-corrected chi connectivity index (χ3v) is 6.38. The SMILES string of the molecule is Nc1nccc(Sc2cnc(N3[C@@H]4CC[C@H]3C[C@H](NC(=O)O)C4)nn2)c1Cl. The molecule has 1 amide bonds. The highest BCUT2D eigenvalue weighted by atomic mass is 35.5. The van der Waals surface area contributed by atoms with Crippen LogP contribution in [0.1, 0.15) is 25.7 Å². The van der Waals surface area contributed by atoms with Crippen LogP contribution in [-0.4, -0.2) is 49.5 Å². The van der Waals surface area contributed by atoms with Gasteiger partial charge in [0.25, 0.3) is 0 Å². The van der Waals surface area contributed by atoms with Crippen LogP contribution in [0.4, 0.5) is 16.6 Å². The van der Waals surface area contributed by atoms with Gasteiger partial charge in [0, 0.05) is 29.2 Å². The molecular weight excluding hydrogens is 390 g/mol. The largest absolute Gasteiger partial charge is 0.465 e. The van der Waals surface area contributed by atoms with E-state index in [1.54, 1.807) is 18.5 Å². The lowest BCUT2D eigenvalue weighted by molar-refractivity contribution is 0.185. The van der Waals surface area contributed by atoms with Crippen molar-refractivity contribution in [3.63, 3.8) is 0 Å². The lowest BCUT2D eigenvalue weighted by Crippen LogP contribution is -2.50. The van der Waals surface area contributed by atoms with Crippen molar-refractivity contribution in [3.8, 4) is 0 Å². The van der Waals surface area contributed by atoms with Crippen molar-refractivity contribution in [1.82, 2.24) is 25.5 Å². The number of nitrogens with zero attached hydrogens (tertiary/aromatic N) is 5. The second-order valence-electron chi connectivity index (χ2n) is 6.62. The topological polar surface area (TPSA) is 130 Å². The Kier molecular flexibility index (Phi) is 4.92. The Morgan fingerprint density at radius 3 is 2.67 bits per heavy atom. The summed E-state index contributed by atoms with van der Waals surface area (Å²) in [5, 5.41) is 21.1. The van der Waals surface area contributed by atoms with Crippen molar-refractivity contribution in [3.05, 3.63) is 23.5 Å². The van der Waals surface area contributed by atoms with Gasteiger partial charge in [-0.2, -0.15) is 0 Å². The van der Waals surface area contributed by atoms with Crippen molar-refractivity contribution in [1.29, 1.82) is 0 Å². The van der Waals surface area contributed by atoms with E-state index in [-0.39, 0.29) is 23.9 Å². The van der Waals surface area contributed by atoms with Gasteiger partial charge in [-0.3, -0.25) is 0 Å². The Morgan fingerprint density at radius 2 is 2.04 bits per heavy atom. The molecule has 2 aliphatic rings. The molecule has 4 N–H and O–H groups in total. The number of piperidine rings is 1. The molecule has 0 aromatic carbocycles. The van der Waals surface area contributed by atoms with Crippen LogP contribution in [0.2, 0.25) is 5.02 Å². The summed E-state index contributed by atoms with van der Waals surface area (Å²) in [5.74, 6) is 0.856. The maximum absolute atomic E-state index is 10.9. The third-order valence-electron chi connectivity index (χ3n) is 4.92. The molecule has 2 saturated heterocycles. The van der Waals surface area contributed by atoms with Crippen molar-refractivity contribution in [2.24, 2.45) is 0 Å². The second-order valence-corrected chi connectivity index (χ2v) is 8.06. The summed E-state index contributed by atoms with van der Waals surface area (Å²) in [7, 11) is 0. The van der Waals surface area contributed by atoms with Crippen molar-refractivity contribution in [2.75, 3.05) is 10.6 Å². The Bertz CT molecular complexity index is 839. The minimum Gasteiger partial charge on any atom is -0.465 e. The molecule has 2 fully saturated rings. The highest BCUT2D eigenvalue weighted by molar-refractivity contribution is 7.99. The maximum Gasteiger partial charge on any atom is 0.404 e. The number of carboxylic acid groups (broad SMARTS) is 1. The van der Waals surface area contributed by atoms with E-state index in [0.29, 0.717) is 16.0 Å². The minimum atomic E-state index is -0.970. The molecule has 0 spiro atoms. The zero-order valence-electron chi connectivity index (χ0n) is 14.2. The molecule has 4 rings (SSSR count). The van der Waals surface area contributed by atoms with Gasteiger partial charge in [-0.25, -0.2) is 14.8 Å². The number of fused-ring (bicyclic) bond motifs is 2. The third kappa shape index (κ3) is 3.72. The van der Waals surface area contributed by atoms with Gasteiger partial charge in [0.1, 0.15) is 10.8 Å². The molecular formula is C16H18ClN7O2S. The van der Waals surface area contributed by atoms with E-state index >= 15 is 0 Å². The zero-order valence-corrected chi connectivity index (χ0v) is 15.8. The quantitative estimate of drug-likeness (QED) is 0.699. The van der Waals surface area contributed by atoms with Gasteiger partial charge in [0.05, 0.1) is 11.2 Å². The number of hydrogen-bond donors (Lipinski definition) is 3. The van der Waals surface area contributed by atoms with Crippen LogP contribution in [-0.2, 0) is 0 Å². The molecule has 2 aromatic rings. The fourth-order valence-corrected chi connectivity index (χ4v) is 4.82. The number of carbonyl (C=O) groups is 1. The van der Waals surface area contributed by atoms with Crippen molar-refractivity contribution >= 4 is 41.2 Å². The van der Waals surface area contributed by atoms with Crippen LogP contribution in [0.25, 0.3) is 0 Å². The molecule has 142 valence electrons. The fraction of sp³-hybridized carbons (Fsp3) is 0.438. The molecule has 2 aliphatic heterocycles. The summed E-state index contributed by atoms with van der Waals surface area (Å²) >= 11 is 7.49. The lowest BCUT2D eigenvalue weighted by Gasteiger charge is -2.38. The predicted molar refractivity (Wildman–Crippen MR) is 101 cm³/mol. The van der Waals surface area contributed by atoms with Crippen LogP contribution in [0, 0.1) is 0 Å². The number of anilines is 2. The average molecular weight is 408 g/mol. The van der Waals surface area contributed by atoms with E-state index < -0.39 is 6.09 Å². The molecule has 27 heavy (non-hydrogen) atoms. The van der Waals surface area contributed by atoms with E-state index in [1.165, 1.54) is 11.8 Å². The van der Waals surface area contributed by atoms with Gasteiger partial charge in [0.15, 0.2) is 0 Å². The molecule has 11 heteroatoms. The Hall–Kier alpha value is -2.33. The van der Waals surface area contributed by atoms with E-state index in [2.05, 4.69) is 30.4 Å². The van der Waals surface area contributed by atoms with Crippen LogP contribution in [0.3, 0.4) is 0 Å². The van der Waals surface area contributed by atoms with Crippen LogP contribution in [0.5, 0.6) is 0 Å². The predicted octanol–water partition coefficient (Wildman–Crippen LogP) is 2.42. The average Bonchev–Trinajstić information content (AvgIpc) is 2.90. The van der Waals surface area contributed by atoms with Gasteiger partial charge in [-0.05, 0) is 31.7 Å². The number of nitrogens with two attached hydrogens (primary N) is 1. The maximum atomic E-state index is 10.9. The van der Waals surface area contributed by atoms with Crippen LogP contribution < -0.4 is 16.0 Å². The molecule has 3 atom stereocenters. The molecule has 9 nitrogen and oxygen atoms in total. The smallest absolute Gasteiger partial charge is 0.404 e. The van der Waals surface area contributed by atoms with Gasteiger partial charge in [-0.15, -0.1) is 10.2 Å². The monoisotopic (exact) mass is 407 g/mol. The normalized spacial score (nSPS) is 24.0. The van der Waals surface area contributed by atoms with Crippen molar-refractivity contribution < 1.29 is 9.90 Å². The summed E-state index contributed by atoms with van der Waals surface area (Å²) in [4.78, 5) is 22.2. The molecule has 0 saturated carbocycles. The first-order chi connectivity index (χ1) is 13.0. The van der Waals surface area contributed by atoms with Gasteiger partial charge < -0.3 is 21.1 Å². The fourth-order valence-electron chi connectivity index (χ4n) is 3.85. The summed E-state index contributed by atoms with van der Waals surface area (Å²) in [5.41, 5.74) is 5.72. The van der Waals surface area contributed by atoms with Crippen LogP contribution in [0.15, 0.2) is 28.4 Å². The Balaban J connectivity index is 1.47. The summed E-state index contributed by atoms with van der Waals surface area (Å²) in [6.07, 6.45) is 5.82. The number of aromatic nitrogens is 4. The number of amides is 1. The highest BCUT2D eigenvalue weighted by Gasteiger charge is 2.42. The zero-order chi connectivity index (χ0) is 19.0. The molecule has 0 aliphatic carbocycles. The molecule has 0 radical (unpaired) electrons. The standard InChI is InChI=1S/C16H18ClN7O2S/c17-13-11(3-4-19-14(13)18)27-12-7-20-15(23-22-12)24-9-1-2-10(24)6-8(5-9)21-16(25)26/h3-4,7-10,21H,1-2,5-6H2,(H2,18,19)(H,25,26)/t8-,9-,10+. The van der Waals surface area contributed by atoms with Crippen molar-refractivity contribution in [2.45, 2.75) is 53.7 Å². The molecule has 2 aromatic heterocycles. The van der Waals surface area contributed by atoms with Gasteiger partial charge >= 0.3 is 6.09 Å². The number of rotatable bonds is 4. The minimum absolute atomic E-state index is 0.0154. The lowest BCUT2D eigenvalue weighted by atomic mass is 9.98. The van der Waals surface area contributed by atoms with E-state index in [1.807, 2.05) is 0 Å².